The van der Waals surface area contributed by atoms with Crippen molar-refractivity contribution in [2.75, 3.05) is 19.7 Å². The van der Waals surface area contributed by atoms with Gasteiger partial charge in [-0.3, -0.25) is 4.90 Å². The van der Waals surface area contributed by atoms with E-state index < -0.39 is 0 Å². The monoisotopic (exact) mass is 159 g/mol. The van der Waals surface area contributed by atoms with Gasteiger partial charge in [0.2, 0.25) is 0 Å². The van der Waals surface area contributed by atoms with Crippen LogP contribution in [0.4, 0.5) is 0 Å². The minimum absolute atomic E-state index is 0.151. The molecule has 0 bridgehead atoms. The first kappa shape index (κ1) is 10.9. The minimum Gasteiger partial charge on any atom is -0.396 e. The minimum atomic E-state index is 0.151. The summed E-state index contributed by atoms with van der Waals surface area (Å²) < 4.78 is 0. The Morgan fingerprint density at radius 1 is 1.18 bits per heavy atom. The summed E-state index contributed by atoms with van der Waals surface area (Å²) in [5.41, 5.74) is 0.151. The Kier molecular flexibility index (Phi) is 4.69. The molecule has 0 aliphatic carbocycles. The van der Waals surface area contributed by atoms with Gasteiger partial charge in [-0.1, -0.05) is 13.8 Å². The zero-order chi connectivity index (χ0) is 8.91. The first-order valence-corrected chi connectivity index (χ1v) is 4.44. The Labute approximate surface area is 70.2 Å². The summed E-state index contributed by atoms with van der Waals surface area (Å²) in [6.45, 7) is 11.1. The van der Waals surface area contributed by atoms with Crippen LogP contribution >= 0.6 is 0 Å². The molecule has 0 heterocycles. The average molecular weight is 159 g/mol. The molecule has 0 atom stereocenters. The van der Waals surface area contributed by atoms with Crippen LogP contribution in [0.25, 0.3) is 0 Å². The second-order valence-electron chi connectivity index (χ2n) is 3.46. The van der Waals surface area contributed by atoms with Crippen LogP contribution in [0.1, 0.15) is 34.1 Å². The predicted molar refractivity (Wildman–Crippen MR) is 48.7 cm³/mol. The number of aliphatic hydroxyl groups is 1. The highest BCUT2D eigenvalue weighted by molar-refractivity contribution is 4.79. The molecule has 0 aliphatic heterocycles. The quantitative estimate of drug-likeness (QED) is 0.657. The molecule has 0 unspecified atom stereocenters. The van der Waals surface area contributed by atoms with Gasteiger partial charge < -0.3 is 5.11 Å². The second-order valence-corrected chi connectivity index (χ2v) is 3.46. The van der Waals surface area contributed by atoms with E-state index in [4.69, 9.17) is 5.11 Å². The smallest absolute Gasteiger partial charge is 0.0448 e. The van der Waals surface area contributed by atoms with Gasteiger partial charge in [-0.05, 0) is 33.4 Å². The standard InChI is InChI=1S/C9H21NO/c1-5-10(6-2)9(3,4)7-8-11/h11H,5-8H2,1-4H3. The molecule has 11 heavy (non-hydrogen) atoms. The fourth-order valence-corrected chi connectivity index (χ4v) is 1.51. The average Bonchev–Trinajstić information content (AvgIpc) is 1.89. The summed E-state index contributed by atoms with van der Waals surface area (Å²) in [5.74, 6) is 0. The van der Waals surface area contributed by atoms with Crippen molar-refractivity contribution < 1.29 is 5.11 Å². The molecule has 0 aromatic carbocycles. The number of nitrogens with zero attached hydrogens (tertiary/aromatic N) is 1. The Bertz CT molecular complexity index is 97.7. The third-order valence-electron chi connectivity index (χ3n) is 2.34. The molecule has 0 rings (SSSR count). The summed E-state index contributed by atoms with van der Waals surface area (Å²) in [6.07, 6.45) is 0.856. The van der Waals surface area contributed by atoms with Crippen LogP contribution in [0.2, 0.25) is 0 Å². The number of aliphatic hydroxyl groups excluding tert-OH is 1. The Morgan fingerprint density at radius 3 is 1.91 bits per heavy atom. The van der Waals surface area contributed by atoms with E-state index in [2.05, 4.69) is 32.6 Å². The SMILES string of the molecule is CCN(CC)C(C)(C)CCO. The van der Waals surface area contributed by atoms with Crippen molar-refractivity contribution in [1.29, 1.82) is 0 Å². The van der Waals surface area contributed by atoms with E-state index in [-0.39, 0.29) is 12.1 Å². The van der Waals surface area contributed by atoms with E-state index in [0.29, 0.717) is 0 Å². The molecule has 0 amide bonds. The molecule has 0 aliphatic rings. The zero-order valence-corrected chi connectivity index (χ0v) is 8.22. The van der Waals surface area contributed by atoms with E-state index in [1.54, 1.807) is 0 Å². The number of hydrogen-bond acceptors (Lipinski definition) is 2. The van der Waals surface area contributed by atoms with Gasteiger partial charge in [0.15, 0.2) is 0 Å². The van der Waals surface area contributed by atoms with Gasteiger partial charge in [0, 0.05) is 12.1 Å². The zero-order valence-electron chi connectivity index (χ0n) is 8.22. The Morgan fingerprint density at radius 2 is 1.64 bits per heavy atom. The molecule has 68 valence electrons. The topological polar surface area (TPSA) is 23.5 Å². The summed E-state index contributed by atoms with van der Waals surface area (Å²) >= 11 is 0. The highest BCUT2D eigenvalue weighted by Crippen LogP contribution is 2.17. The summed E-state index contributed by atoms with van der Waals surface area (Å²) in [7, 11) is 0. The maximum absolute atomic E-state index is 8.82. The highest BCUT2D eigenvalue weighted by atomic mass is 16.3. The van der Waals surface area contributed by atoms with Crippen LogP contribution < -0.4 is 0 Å². The maximum Gasteiger partial charge on any atom is 0.0448 e. The first-order valence-electron chi connectivity index (χ1n) is 4.44. The molecular formula is C9H21NO. The second kappa shape index (κ2) is 4.73. The Hall–Kier alpha value is -0.0800. The van der Waals surface area contributed by atoms with Gasteiger partial charge in [0.25, 0.3) is 0 Å². The fourth-order valence-electron chi connectivity index (χ4n) is 1.51. The highest BCUT2D eigenvalue weighted by Gasteiger charge is 2.22. The largest absolute Gasteiger partial charge is 0.396 e. The van der Waals surface area contributed by atoms with Crippen LogP contribution in [-0.4, -0.2) is 35.2 Å². The maximum atomic E-state index is 8.82. The molecule has 2 nitrogen and oxygen atoms in total. The number of rotatable bonds is 5. The van der Waals surface area contributed by atoms with Gasteiger partial charge in [-0.15, -0.1) is 0 Å². The third kappa shape index (κ3) is 3.21. The Balaban J connectivity index is 4.00. The molecule has 0 saturated heterocycles. The van der Waals surface area contributed by atoms with Crippen molar-refractivity contribution in [2.45, 2.75) is 39.7 Å². The predicted octanol–water partition coefficient (Wildman–Crippen LogP) is 1.49. The van der Waals surface area contributed by atoms with Gasteiger partial charge in [-0.25, -0.2) is 0 Å². The van der Waals surface area contributed by atoms with Crippen LogP contribution in [-0.2, 0) is 0 Å². The lowest BCUT2D eigenvalue weighted by Gasteiger charge is -2.36. The molecule has 2 heteroatoms. The first-order chi connectivity index (χ1) is 5.08. The lowest BCUT2D eigenvalue weighted by molar-refractivity contribution is 0.101. The lowest BCUT2D eigenvalue weighted by Crippen LogP contribution is -2.44. The van der Waals surface area contributed by atoms with Crippen molar-refractivity contribution in [2.24, 2.45) is 0 Å². The summed E-state index contributed by atoms with van der Waals surface area (Å²) in [5, 5.41) is 8.82. The van der Waals surface area contributed by atoms with Crippen molar-refractivity contribution in [3.63, 3.8) is 0 Å². The molecule has 0 radical (unpaired) electrons. The molecule has 0 spiro atoms. The summed E-state index contributed by atoms with van der Waals surface area (Å²) in [4.78, 5) is 2.36. The van der Waals surface area contributed by atoms with E-state index in [9.17, 15) is 0 Å². The third-order valence-corrected chi connectivity index (χ3v) is 2.34. The molecular weight excluding hydrogens is 138 g/mol. The molecule has 0 saturated carbocycles. The van der Waals surface area contributed by atoms with E-state index in [0.717, 1.165) is 19.5 Å². The van der Waals surface area contributed by atoms with Crippen LogP contribution in [0, 0.1) is 0 Å². The molecule has 0 aromatic heterocycles. The molecule has 0 fully saturated rings. The fraction of sp³-hybridized carbons (Fsp3) is 1.00. The van der Waals surface area contributed by atoms with Gasteiger partial charge >= 0.3 is 0 Å². The molecule has 0 aromatic rings. The van der Waals surface area contributed by atoms with Crippen molar-refractivity contribution in [3.05, 3.63) is 0 Å². The van der Waals surface area contributed by atoms with Crippen molar-refractivity contribution in [3.8, 4) is 0 Å². The van der Waals surface area contributed by atoms with E-state index in [1.165, 1.54) is 0 Å². The van der Waals surface area contributed by atoms with Crippen molar-refractivity contribution >= 4 is 0 Å². The van der Waals surface area contributed by atoms with Crippen LogP contribution in [0.5, 0.6) is 0 Å². The van der Waals surface area contributed by atoms with Gasteiger partial charge in [0.1, 0.15) is 0 Å². The van der Waals surface area contributed by atoms with Crippen molar-refractivity contribution in [1.82, 2.24) is 4.90 Å². The number of hydrogen-bond donors (Lipinski definition) is 1. The van der Waals surface area contributed by atoms with Crippen LogP contribution in [0.15, 0.2) is 0 Å². The van der Waals surface area contributed by atoms with E-state index in [1.807, 2.05) is 0 Å². The lowest BCUT2D eigenvalue weighted by atomic mass is 9.99. The van der Waals surface area contributed by atoms with Gasteiger partial charge in [-0.2, -0.15) is 0 Å². The normalized spacial score (nSPS) is 12.5. The van der Waals surface area contributed by atoms with Gasteiger partial charge in [0.05, 0.1) is 0 Å². The molecule has 1 N–H and O–H groups in total. The van der Waals surface area contributed by atoms with Crippen LogP contribution in [0.3, 0.4) is 0 Å². The summed E-state index contributed by atoms with van der Waals surface area (Å²) in [6, 6.07) is 0. The van der Waals surface area contributed by atoms with E-state index >= 15 is 0 Å².